The molecule has 1 aliphatic rings. The van der Waals surface area contributed by atoms with E-state index in [9.17, 15) is 9.18 Å². The summed E-state index contributed by atoms with van der Waals surface area (Å²) >= 11 is 2.53. The van der Waals surface area contributed by atoms with Gasteiger partial charge in [-0.25, -0.2) is 4.39 Å². The van der Waals surface area contributed by atoms with E-state index in [1.165, 1.54) is 17.4 Å². The monoisotopic (exact) mass is 389 g/mol. The van der Waals surface area contributed by atoms with Crippen LogP contribution in [0.1, 0.15) is 39.1 Å². The van der Waals surface area contributed by atoms with Crippen LogP contribution in [0.25, 0.3) is 10.6 Å². The standard InChI is InChI=1S/C17H16FN5OS2/c1-10-14(26-22-19-10)17(24)23-8-4-5-11(9-23)15-20-21-16(25-15)12-6-2-3-7-13(12)18/h2-3,6-7,11H,4-5,8-9H2,1H3/t11-/m0/s1. The molecule has 134 valence electrons. The van der Waals surface area contributed by atoms with Gasteiger partial charge in [0.2, 0.25) is 0 Å². The van der Waals surface area contributed by atoms with Crippen molar-refractivity contribution in [1.29, 1.82) is 0 Å². The minimum atomic E-state index is -0.302. The molecule has 4 rings (SSSR count). The fourth-order valence-corrected chi connectivity index (χ4v) is 4.70. The lowest BCUT2D eigenvalue weighted by Crippen LogP contribution is -2.39. The Kier molecular flexibility index (Phi) is 4.73. The van der Waals surface area contributed by atoms with Crippen LogP contribution in [0.4, 0.5) is 4.39 Å². The maximum absolute atomic E-state index is 14.0. The molecule has 1 fully saturated rings. The van der Waals surface area contributed by atoms with Gasteiger partial charge >= 0.3 is 0 Å². The largest absolute Gasteiger partial charge is 0.337 e. The molecule has 0 saturated carbocycles. The molecule has 26 heavy (non-hydrogen) atoms. The summed E-state index contributed by atoms with van der Waals surface area (Å²) in [7, 11) is 0. The van der Waals surface area contributed by atoms with Gasteiger partial charge in [0.1, 0.15) is 15.7 Å². The third-order valence-electron chi connectivity index (χ3n) is 4.45. The molecule has 2 aromatic heterocycles. The first kappa shape index (κ1) is 17.2. The molecule has 1 aliphatic heterocycles. The highest BCUT2D eigenvalue weighted by molar-refractivity contribution is 7.14. The molecule has 1 amide bonds. The van der Waals surface area contributed by atoms with Crippen LogP contribution in [-0.2, 0) is 0 Å². The lowest BCUT2D eigenvalue weighted by Gasteiger charge is -2.31. The van der Waals surface area contributed by atoms with Gasteiger partial charge in [0.15, 0.2) is 5.01 Å². The Morgan fingerprint density at radius 3 is 2.88 bits per heavy atom. The van der Waals surface area contributed by atoms with Crippen LogP contribution in [0.5, 0.6) is 0 Å². The Balaban J connectivity index is 1.53. The number of hydrogen-bond acceptors (Lipinski definition) is 7. The number of aromatic nitrogens is 4. The summed E-state index contributed by atoms with van der Waals surface area (Å²) in [5.74, 6) is -0.211. The second kappa shape index (κ2) is 7.16. The zero-order valence-electron chi connectivity index (χ0n) is 14.1. The van der Waals surface area contributed by atoms with Crippen LogP contribution in [0, 0.1) is 12.7 Å². The third-order valence-corrected chi connectivity index (χ3v) is 6.38. The summed E-state index contributed by atoms with van der Waals surface area (Å²) in [5, 5.41) is 13.8. The molecule has 1 atom stereocenters. The number of nitrogens with zero attached hydrogens (tertiary/aromatic N) is 5. The number of benzene rings is 1. The van der Waals surface area contributed by atoms with Crippen molar-refractivity contribution in [3.8, 4) is 10.6 Å². The lowest BCUT2D eigenvalue weighted by molar-refractivity contribution is 0.0711. The van der Waals surface area contributed by atoms with Crippen molar-refractivity contribution in [2.24, 2.45) is 0 Å². The summed E-state index contributed by atoms with van der Waals surface area (Å²) in [6.45, 7) is 3.09. The van der Waals surface area contributed by atoms with Crippen LogP contribution < -0.4 is 0 Å². The molecule has 6 nitrogen and oxygen atoms in total. The van der Waals surface area contributed by atoms with E-state index in [4.69, 9.17) is 0 Å². The van der Waals surface area contributed by atoms with E-state index in [0.29, 0.717) is 34.2 Å². The first-order chi connectivity index (χ1) is 12.6. The van der Waals surface area contributed by atoms with Crippen molar-refractivity contribution >= 4 is 28.8 Å². The number of halogens is 1. The molecule has 1 saturated heterocycles. The van der Waals surface area contributed by atoms with Crippen molar-refractivity contribution in [2.45, 2.75) is 25.7 Å². The van der Waals surface area contributed by atoms with Gasteiger partial charge in [-0.3, -0.25) is 4.79 Å². The van der Waals surface area contributed by atoms with E-state index >= 15 is 0 Å². The molecule has 3 aromatic rings. The van der Waals surface area contributed by atoms with Gasteiger partial charge in [-0.05, 0) is 43.4 Å². The predicted molar refractivity (Wildman–Crippen MR) is 97.8 cm³/mol. The highest BCUT2D eigenvalue weighted by atomic mass is 32.1. The molecule has 9 heteroatoms. The van der Waals surface area contributed by atoms with Crippen LogP contribution >= 0.6 is 22.9 Å². The third kappa shape index (κ3) is 3.24. The number of rotatable bonds is 3. The van der Waals surface area contributed by atoms with Crippen molar-refractivity contribution in [1.82, 2.24) is 24.7 Å². The first-order valence-electron chi connectivity index (χ1n) is 8.30. The van der Waals surface area contributed by atoms with Gasteiger partial charge in [0, 0.05) is 24.6 Å². The van der Waals surface area contributed by atoms with E-state index < -0.39 is 0 Å². The highest BCUT2D eigenvalue weighted by Crippen LogP contribution is 2.34. The molecule has 0 N–H and O–H groups in total. The van der Waals surface area contributed by atoms with Crippen LogP contribution in [0.2, 0.25) is 0 Å². The number of carbonyl (C=O) groups excluding carboxylic acids is 1. The lowest BCUT2D eigenvalue weighted by atomic mass is 9.98. The summed E-state index contributed by atoms with van der Waals surface area (Å²) < 4.78 is 17.8. The van der Waals surface area contributed by atoms with Gasteiger partial charge in [-0.1, -0.05) is 28.0 Å². The predicted octanol–water partition coefficient (Wildman–Crippen LogP) is 3.52. The molecule has 0 aliphatic carbocycles. The minimum absolute atomic E-state index is 0.0268. The summed E-state index contributed by atoms with van der Waals surface area (Å²) in [6, 6.07) is 6.56. The maximum atomic E-state index is 14.0. The topological polar surface area (TPSA) is 71.9 Å². The number of hydrogen-bond donors (Lipinski definition) is 0. The molecular formula is C17H16FN5OS2. The highest BCUT2D eigenvalue weighted by Gasteiger charge is 2.29. The van der Waals surface area contributed by atoms with Crippen molar-refractivity contribution in [2.75, 3.05) is 13.1 Å². The van der Waals surface area contributed by atoms with Crippen molar-refractivity contribution in [3.05, 3.63) is 45.7 Å². The van der Waals surface area contributed by atoms with E-state index in [-0.39, 0.29) is 17.6 Å². The number of amides is 1. The fourth-order valence-electron chi connectivity index (χ4n) is 3.08. The Hall–Kier alpha value is -2.26. The summed E-state index contributed by atoms with van der Waals surface area (Å²) in [5.41, 5.74) is 1.13. The summed E-state index contributed by atoms with van der Waals surface area (Å²) in [4.78, 5) is 15.1. The van der Waals surface area contributed by atoms with Gasteiger partial charge in [0.05, 0.1) is 5.69 Å². The average molecular weight is 389 g/mol. The van der Waals surface area contributed by atoms with Crippen molar-refractivity contribution in [3.63, 3.8) is 0 Å². The van der Waals surface area contributed by atoms with E-state index in [1.54, 1.807) is 25.1 Å². The normalized spacial score (nSPS) is 17.5. The maximum Gasteiger partial charge on any atom is 0.267 e. The zero-order chi connectivity index (χ0) is 18.1. The molecule has 0 radical (unpaired) electrons. The second-order valence-electron chi connectivity index (χ2n) is 6.20. The Morgan fingerprint density at radius 1 is 1.27 bits per heavy atom. The van der Waals surface area contributed by atoms with Gasteiger partial charge in [0.25, 0.3) is 5.91 Å². The van der Waals surface area contributed by atoms with Crippen LogP contribution in [-0.4, -0.2) is 43.7 Å². The van der Waals surface area contributed by atoms with Gasteiger partial charge in [-0.15, -0.1) is 15.3 Å². The molecular weight excluding hydrogens is 373 g/mol. The SMILES string of the molecule is Cc1nnsc1C(=O)N1CCC[C@H](c2nnc(-c3ccccc3F)s2)C1. The van der Waals surface area contributed by atoms with Crippen LogP contribution in [0.15, 0.2) is 24.3 Å². The first-order valence-corrected chi connectivity index (χ1v) is 9.89. The van der Waals surface area contributed by atoms with Gasteiger partial charge in [-0.2, -0.15) is 0 Å². The summed E-state index contributed by atoms with van der Waals surface area (Å²) in [6.07, 6.45) is 1.84. The minimum Gasteiger partial charge on any atom is -0.337 e. The number of carbonyl (C=O) groups is 1. The quantitative estimate of drug-likeness (QED) is 0.685. The Morgan fingerprint density at radius 2 is 2.12 bits per heavy atom. The molecule has 1 aromatic carbocycles. The van der Waals surface area contributed by atoms with Crippen LogP contribution in [0.3, 0.4) is 0 Å². The van der Waals surface area contributed by atoms with E-state index in [0.717, 1.165) is 29.4 Å². The molecule has 3 heterocycles. The second-order valence-corrected chi connectivity index (χ2v) is 7.97. The van der Waals surface area contributed by atoms with Gasteiger partial charge < -0.3 is 4.90 Å². The smallest absolute Gasteiger partial charge is 0.267 e. The van der Waals surface area contributed by atoms with E-state index in [1.807, 2.05) is 4.90 Å². The van der Waals surface area contributed by atoms with Crippen molar-refractivity contribution < 1.29 is 9.18 Å². The number of likely N-dealkylation sites (tertiary alicyclic amines) is 1. The fraction of sp³-hybridized carbons (Fsp3) is 0.353. The average Bonchev–Trinajstić information content (AvgIpc) is 3.31. The molecule has 0 bridgehead atoms. The Labute approximate surface area is 157 Å². The number of aryl methyl sites for hydroxylation is 1. The zero-order valence-corrected chi connectivity index (χ0v) is 15.7. The number of piperidine rings is 1. The molecule has 0 unspecified atom stereocenters. The Bertz CT molecular complexity index is 941. The molecule has 0 spiro atoms. The van der Waals surface area contributed by atoms with E-state index in [2.05, 4.69) is 19.8 Å².